The fraction of sp³-hybridized carbons (Fsp3) is 0.125. The van der Waals surface area contributed by atoms with Crippen LogP contribution in [0, 0.1) is 6.92 Å². The molecule has 1 amide bonds. The smallest absolute Gasteiger partial charge is 0.360 e. The molecular formula is C24H21N3O4. The summed E-state index contributed by atoms with van der Waals surface area (Å²) in [5.74, 6) is -0.684. The number of rotatable bonds is 6. The van der Waals surface area contributed by atoms with Crippen LogP contribution < -0.4 is 10.1 Å². The third-order valence-corrected chi connectivity index (χ3v) is 4.84. The Hall–Kier alpha value is -4.13. The van der Waals surface area contributed by atoms with Gasteiger partial charge in [0.2, 0.25) is 6.10 Å². The number of aromatic nitrogens is 2. The van der Waals surface area contributed by atoms with E-state index in [2.05, 4.69) is 15.5 Å². The normalized spacial score (nSPS) is 11.7. The molecule has 0 fully saturated rings. The molecule has 31 heavy (non-hydrogen) atoms. The number of benzene rings is 3. The molecule has 1 atom stereocenters. The van der Waals surface area contributed by atoms with Crippen molar-refractivity contribution in [3.8, 4) is 5.75 Å². The average molecular weight is 415 g/mol. The van der Waals surface area contributed by atoms with E-state index in [1.165, 1.54) is 7.11 Å². The van der Waals surface area contributed by atoms with Gasteiger partial charge >= 0.3 is 5.97 Å². The summed E-state index contributed by atoms with van der Waals surface area (Å²) >= 11 is 0. The molecule has 0 bridgehead atoms. The summed E-state index contributed by atoms with van der Waals surface area (Å²) in [5.41, 5.74) is 2.82. The molecule has 0 saturated heterocycles. The van der Waals surface area contributed by atoms with Crippen molar-refractivity contribution in [1.29, 1.82) is 0 Å². The summed E-state index contributed by atoms with van der Waals surface area (Å²) in [5, 5.41) is 10.3. The van der Waals surface area contributed by atoms with Crippen LogP contribution in [0.1, 0.15) is 27.7 Å². The number of methoxy groups -OCH3 is 1. The minimum Gasteiger partial charge on any atom is -0.495 e. The van der Waals surface area contributed by atoms with E-state index < -0.39 is 18.0 Å². The summed E-state index contributed by atoms with van der Waals surface area (Å²) < 4.78 is 11.0. The van der Waals surface area contributed by atoms with Gasteiger partial charge in [0.05, 0.1) is 18.3 Å². The molecular weight excluding hydrogens is 394 g/mol. The van der Waals surface area contributed by atoms with Crippen LogP contribution in [-0.4, -0.2) is 29.2 Å². The van der Waals surface area contributed by atoms with E-state index in [1.807, 2.05) is 31.2 Å². The van der Waals surface area contributed by atoms with Crippen molar-refractivity contribution in [1.82, 2.24) is 10.2 Å². The predicted molar refractivity (Wildman–Crippen MR) is 117 cm³/mol. The van der Waals surface area contributed by atoms with Gasteiger partial charge in [-0.25, -0.2) is 4.79 Å². The molecule has 1 aromatic heterocycles. The summed E-state index contributed by atoms with van der Waals surface area (Å²) in [4.78, 5) is 26.1. The van der Waals surface area contributed by atoms with Gasteiger partial charge in [0.25, 0.3) is 5.91 Å². The average Bonchev–Trinajstić information content (AvgIpc) is 3.22. The van der Waals surface area contributed by atoms with E-state index in [1.54, 1.807) is 48.5 Å². The second-order valence-corrected chi connectivity index (χ2v) is 7.01. The van der Waals surface area contributed by atoms with E-state index in [4.69, 9.17) is 9.47 Å². The van der Waals surface area contributed by atoms with Gasteiger partial charge in [0.15, 0.2) is 5.69 Å². The fourth-order valence-corrected chi connectivity index (χ4v) is 3.30. The summed E-state index contributed by atoms with van der Waals surface area (Å²) in [6.45, 7) is 1.91. The zero-order chi connectivity index (χ0) is 21.8. The lowest BCUT2D eigenvalue weighted by Gasteiger charge is -2.19. The molecule has 156 valence electrons. The van der Waals surface area contributed by atoms with Crippen LogP contribution >= 0.6 is 0 Å². The van der Waals surface area contributed by atoms with Gasteiger partial charge in [-0.1, -0.05) is 54.6 Å². The Bertz CT molecular complexity index is 1230. The topological polar surface area (TPSA) is 93.3 Å². The molecule has 0 aliphatic heterocycles. The number of hydrogen-bond donors (Lipinski definition) is 2. The van der Waals surface area contributed by atoms with Crippen molar-refractivity contribution in [3.05, 3.63) is 89.6 Å². The first kappa shape index (κ1) is 20.2. The third kappa shape index (κ3) is 4.25. The maximum Gasteiger partial charge on any atom is 0.360 e. The standard InChI is InChI=1S/C24H21N3O4/c1-15-12-13-20(30-2)19(14-15)25-23(28)22(16-8-4-3-5-9-16)31-24(29)21-17-10-6-7-11-18(17)26-27-21/h3-14,22H,1-2H3,(H,25,28)(H,26,27)/t22-/m0/s1. The molecule has 0 spiro atoms. The molecule has 7 nitrogen and oxygen atoms in total. The highest BCUT2D eigenvalue weighted by atomic mass is 16.5. The first-order valence-electron chi connectivity index (χ1n) is 9.71. The molecule has 0 radical (unpaired) electrons. The van der Waals surface area contributed by atoms with E-state index in [9.17, 15) is 9.59 Å². The number of H-pyrrole nitrogens is 1. The second kappa shape index (κ2) is 8.71. The Balaban J connectivity index is 1.64. The maximum absolute atomic E-state index is 13.2. The molecule has 4 rings (SSSR count). The highest BCUT2D eigenvalue weighted by Gasteiger charge is 2.28. The first-order valence-corrected chi connectivity index (χ1v) is 9.71. The van der Waals surface area contributed by atoms with Crippen molar-refractivity contribution in [2.75, 3.05) is 12.4 Å². The van der Waals surface area contributed by atoms with E-state index in [0.717, 1.165) is 5.56 Å². The molecule has 0 saturated carbocycles. The second-order valence-electron chi connectivity index (χ2n) is 7.01. The van der Waals surface area contributed by atoms with Gasteiger partial charge in [0.1, 0.15) is 5.75 Å². The number of aromatic amines is 1. The molecule has 4 aromatic rings. The van der Waals surface area contributed by atoms with Crippen molar-refractivity contribution in [2.45, 2.75) is 13.0 Å². The summed E-state index contributed by atoms with van der Waals surface area (Å²) in [6, 6.07) is 21.5. The Labute approximate surface area is 179 Å². The number of carbonyl (C=O) groups is 2. The molecule has 0 aliphatic rings. The van der Waals surface area contributed by atoms with Gasteiger partial charge in [-0.3, -0.25) is 9.89 Å². The number of nitrogens with one attached hydrogen (secondary N) is 2. The van der Waals surface area contributed by atoms with Crippen molar-refractivity contribution < 1.29 is 19.1 Å². The largest absolute Gasteiger partial charge is 0.495 e. The number of hydrogen-bond acceptors (Lipinski definition) is 5. The molecule has 1 heterocycles. The van der Waals surface area contributed by atoms with Crippen molar-refractivity contribution in [3.63, 3.8) is 0 Å². The maximum atomic E-state index is 13.2. The van der Waals surface area contributed by atoms with Crippen LogP contribution in [0.15, 0.2) is 72.8 Å². The lowest BCUT2D eigenvalue weighted by Crippen LogP contribution is -2.26. The van der Waals surface area contributed by atoms with Crippen LogP contribution in [-0.2, 0) is 9.53 Å². The number of esters is 1. The van der Waals surface area contributed by atoms with Gasteiger partial charge in [-0.15, -0.1) is 0 Å². The lowest BCUT2D eigenvalue weighted by molar-refractivity contribution is -0.125. The highest BCUT2D eigenvalue weighted by molar-refractivity contribution is 6.04. The minimum absolute atomic E-state index is 0.123. The summed E-state index contributed by atoms with van der Waals surface area (Å²) in [6.07, 6.45) is -1.17. The van der Waals surface area contributed by atoms with Crippen LogP contribution in [0.2, 0.25) is 0 Å². The van der Waals surface area contributed by atoms with Crippen LogP contribution in [0.5, 0.6) is 5.75 Å². The molecule has 0 aliphatic carbocycles. The Kier molecular flexibility index (Phi) is 5.66. The Morgan fingerprint density at radius 1 is 1.00 bits per heavy atom. The zero-order valence-electron chi connectivity index (χ0n) is 17.1. The molecule has 7 heteroatoms. The van der Waals surface area contributed by atoms with Gasteiger partial charge in [-0.05, 0) is 30.7 Å². The Morgan fingerprint density at radius 2 is 1.74 bits per heavy atom. The van der Waals surface area contributed by atoms with Gasteiger partial charge < -0.3 is 14.8 Å². The predicted octanol–water partition coefficient (Wildman–Crippen LogP) is 4.42. The molecule has 3 aromatic carbocycles. The number of fused-ring (bicyclic) bond motifs is 1. The minimum atomic E-state index is -1.17. The van der Waals surface area contributed by atoms with Crippen molar-refractivity contribution >= 4 is 28.5 Å². The number of para-hydroxylation sites is 1. The Morgan fingerprint density at radius 3 is 2.52 bits per heavy atom. The number of anilines is 1. The fourth-order valence-electron chi connectivity index (χ4n) is 3.30. The number of ether oxygens (including phenoxy) is 2. The lowest BCUT2D eigenvalue weighted by atomic mass is 10.1. The van der Waals surface area contributed by atoms with Crippen LogP contribution in [0.3, 0.4) is 0 Å². The number of aryl methyl sites for hydroxylation is 1. The number of nitrogens with zero attached hydrogens (tertiary/aromatic N) is 1. The number of amides is 1. The first-order chi connectivity index (χ1) is 15.1. The number of carbonyl (C=O) groups excluding carboxylic acids is 2. The SMILES string of the molecule is COc1ccc(C)cc1NC(=O)[C@@H](OC(=O)c1n[nH]c2ccccc12)c1ccccc1. The van der Waals surface area contributed by atoms with Crippen LogP contribution in [0.25, 0.3) is 10.9 Å². The quantitative estimate of drug-likeness (QED) is 0.455. The summed E-state index contributed by atoms with van der Waals surface area (Å²) in [7, 11) is 1.53. The molecule has 2 N–H and O–H groups in total. The van der Waals surface area contributed by atoms with E-state index >= 15 is 0 Å². The van der Waals surface area contributed by atoms with Gasteiger partial charge in [0, 0.05) is 10.9 Å². The van der Waals surface area contributed by atoms with Crippen LogP contribution in [0.4, 0.5) is 5.69 Å². The highest BCUT2D eigenvalue weighted by Crippen LogP contribution is 2.28. The van der Waals surface area contributed by atoms with Gasteiger partial charge in [-0.2, -0.15) is 5.10 Å². The monoisotopic (exact) mass is 415 g/mol. The van der Waals surface area contributed by atoms with E-state index in [-0.39, 0.29) is 5.69 Å². The van der Waals surface area contributed by atoms with E-state index in [0.29, 0.717) is 27.9 Å². The molecule has 0 unspecified atom stereocenters. The third-order valence-electron chi connectivity index (χ3n) is 4.84. The van der Waals surface area contributed by atoms with Crippen molar-refractivity contribution in [2.24, 2.45) is 0 Å². The zero-order valence-corrected chi connectivity index (χ0v) is 17.1.